The van der Waals surface area contributed by atoms with E-state index < -0.39 is 17.8 Å². The highest BCUT2D eigenvalue weighted by atomic mass is 32.1. The van der Waals surface area contributed by atoms with E-state index in [2.05, 4.69) is 17.8 Å². The van der Waals surface area contributed by atoms with Gasteiger partial charge in [0, 0.05) is 4.88 Å². The van der Waals surface area contributed by atoms with Crippen LogP contribution in [0.3, 0.4) is 0 Å². The molecule has 0 radical (unpaired) electrons. The minimum atomic E-state index is -0.954. The summed E-state index contributed by atoms with van der Waals surface area (Å²) in [4.78, 5) is 26.2. The van der Waals surface area contributed by atoms with E-state index in [1.165, 1.54) is 46.9 Å². The van der Waals surface area contributed by atoms with E-state index in [9.17, 15) is 14.0 Å². The topological polar surface area (TPSA) is 67.4 Å². The number of halogens is 1. The third kappa shape index (κ3) is 4.22. The van der Waals surface area contributed by atoms with Crippen molar-refractivity contribution in [1.29, 1.82) is 0 Å². The van der Waals surface area contributed by atoms with Crippen LogP contribution in [0, 0.1) is 11.7 Å². The summed E-state index contributed by atoms with van der Waals surface area (Å²) in [6, 6.07) is 7.74. The van der Waals surface area contributed by atoms with Gasteiger partial charge in [-0.3, -0.25) is 20.4 Å². The van der Waals surface area contributed by atoms with Crippen molar-refractivity contribution >= 4 is 23.2 Å². The maximum Gasteiger partial charge on any atom is 0.279 e. The smallest absolute Gasteiger partial charge is 0.279 e. The second kappa shape index (κ2) is 7.86. The monoisotopic (exact) mass is 376 g/mol. The Kier molecular flexibility index (Phi) is 5.56. The lowest BCUT2D eigenvalue weighted by molar-refractivity contribution is -0.128. The van der Waals surface area contributed by atoms with Crippen LogP contribution < -0.4 is 15.6 Å². The molecule has 1 heterocycles. The molecule has 1 aromatic heterocycles. The summed E-state index contributed by atoms with van der Waals surface area (Å²) in [5, 5.41) is 0. The zero-order chi connectivity index (χ0) is 18.7. The number of hydrazine groups is 1. The van der Waals surface area contributed by atoms with Crippen LogP contribution in [0.2, 0.25) is 0 Å². The standard InChI is InChI=1S/C19H21FN2O3S/c1-11-7-8-16-13(9-11)10-17(26-16)19(24)22-21-18(23)12(2)25-15-6-4-3-5-14(15)20/h3-6,10-12H,7-9H2,1-2H3,(H,21,23)(H,22,24). The molecule has 1 aliphatic carbocycles. The zero-order valence-electron chi connectivity index (χ0n) is 14.7. The van der Waals surface area contributed by atoms with Gasteiger partial charge in [-0.05, 0) is 55.9 Å². The minimum absolute atomic E-state index is 0.0125. The number of fused-ring (bicyclic) bond motifs is 1. The van der Waals surface area contributed by atoms with Crippen molar-refractivity contribution in [1.82, 2.24) is 10.9 Å². The molecule has 2 N–H and O–H groups in total. The third-order valence-electron chi connectivity index (χ3n) is 4.36. The van der Waals surface area contributed by atoms with E-state index in [0.717, 1.165) is 19.3 Å². The largest absolute Gasteiger partial charge is 0.478 e. The maximum absolute atomic E-state index is 13.6. The SMILES string of the molecule is CC1CCc2sc(C(=O)NNC(=O)C(C)Oc3ccccc3F)cc2C1. The van der Waals surface area contributed by atoms with Gasteiger partial charge < -0.3 is 4.74 Å². The number of rotatable bonds is 4. The summed E-state index contributed by atoms with van der Waals surface area (Å²) in [5.41, 5.74) is 5.95. The second-order valence-corrected chi connectivity index (χ2v) is 7.68. The maximum atomic E-state index is 13.6. The molecule has 2 unspecified atom stereocenters. The summed E-state index contributed by atoms with van der Waals surface area (Å²) in [7, 11) is 0. The highest BCUT2D eigenvalue weighted by molar-refractivity contribution is 7.14. The van der Waals surface area contributed by atoms with Crippen LogP contribution in [0.25, 0.3) is 0 Å². The van der Waals surface area contributed by atoms with Gasteiger partial charge in [-0.2, -0.15) is 0 Å². The molecular weight excluding hydrogens is 355 g/mol. The number of hydrogen-bond donors (Lipinski definition) is 2. The first-order valence-corrected chi connectivity index (χ1v) is 9.38. The third-order valence-corrected chi connectivity index (χ3v) is 5.60. The molecule has 0 aliphatic heterocycles. The molecule has 0 saturated heterocycles. The van der Waals surface area contributed by atoms with Gasteiger partial charge in [-0.1, -0.05) is 19.1 Å². The number of ether oxygens (including phenoxy) is 1. The molecule has 7 heteroatoms. The number of thiophene rings is 1. The van der Waals surface area contributed by atoms with E-state index in [1.807, 2.05) is 6.07 Å². The Morgan fingerprint density at radius 3 is 2.85 bits per heavy atom. The summed E-state index contributed by atoms with van der Waals surface area (Å²) in [6.45, 7) is 3.69. The Bertz CT molecular complexity index is 821. The first-order valence-electron chi connectivity index (χ1n) is 8.57. The average Bonchev–Trinajstić information content (AvgIpc) is 3.04. The quantitative estimate of drug-likeness (QED) is 0.805. The first-order chi connectivity index (χ1) is 12.4. The number of hydrogen-bond acceptors (Lipinski definition) is 4. The Hall–Kier alpha value is -2.41. The van der Waals surface area contributed by atoms with Crippen molar-refractivity contribution in [2.75, 3.05) is 0 Å². The zero-order valence-corrected chi connectivity index (χ0v) is 15.5. The molecule has 0 bridgehead atoms. The van der Waals surface area contributed by atoms with E-state index >= 15 is 0 Å². The molecular formula is C19H21FN2O3S. The van der Waals surface area contributed by atoms with Gasteiger partial charge >= 0.3 is 0 Å². The molecule has 26 heavy (non-hydrogen) atoms. The van der Waals surface area contributed by atoms with Crippen molar-refractivity contribution in [3.8, 4) is 5.75 Å². The van der Waals surface area contributed by atoms with Gasteiger partial charge in [0.2, 0.25) is 0 Å². The Labute approximate surface area is 155 Å². The number of benzene rings is 1. The molecule has 3 rings (SSSR count). The van der Waals surface area contributed by atoms with E-state index in [1.54, 1.807) is 6.07 Å². The van der Waals surface area contributed by atoms with Crippen LogP contribution in [-0.2, 0) is 17.6 Å². The van der Waals surface area contributed by atoms with Gasteiger partial charge in [0.25, 0.3) is 11.8 Å². The van der Waals surface area contributed by atoms with Crippen LogP contribution in [0.15, 0.2) is 30.3 Å². The molecule has 2 amide bonds. The molecule has 1 aliphatic rings. The average molecular weight is 376 g/mol. The fraction of sp³-hybridized carbons (Fsp3) is 0.368. The summed E-state index contributed by atoms with van der Waals surface area (Å²) >= 11 is 1.47. The molecule has 2 atom stereocenters. The highest BCUT2D eigenvalue weighted by Crippen LogP contribution is 2.32. The van der Waals surface area contributed by atoms with Crippen molar-refractivity contribution in [3.05, 3.63) is 51.5 Å². The number of nitrogens with one attached hydrogen (secondary N) is 2. The molecule has 0 spiro atoms. The van der Waals surface area contributed by atoms with Gasteiger partial charge in [0.15, 0.2) is 17.7 Å². The molecule has 138 valence electrons. The predicted molar refractivity (Wildman–Crippen MR) is 97.6 cm³/mol. The molecule has 0 fully saturated rings. The van der Waals surface area contributed by atoms with Gasteiger partial charge in [0.1, 0.15) is 0 Å². The summed E-state index contributed by atoms with van der Waals surface area (Å²) in [5.74, 6) is -0.847. The van der Waals surface area contributed by atoms with Gasteiger partial charge in [-0.25, -0.2) is 4.39 Å². The number of amides is 2. The molecule has 2 aromatic rings. The molecule has 5 nitrogen and oxygen atoms in total. The summed E-state index contributed by atoms with van der Waals surface area (Å²) in [6.07, 6.45) is 2.16. The van der Waals surface area contributed by atoms with E-state index in [4.69, 9.17) is 4.74 Å². The number of carbonyl (C=O) groups is 2. The molecule has 0 saturated carbocycles. The van der Waals surface area contributed by atoms with Gasteiger partial charge in [0.05, 0.1) is 4.88 Å². The second-order valence-electron chi connectivity index (χ2n) is 6.54. The molecule has 1 aromatic carbocycles. The normalized spacial score (nSPS) is 17.1. The Morgan fingerprint density at radius 2 is 2.08 bits per heavy atom. The van der Waals surface area contributed by atoms with Crippen LogP contribution in [0.5, 0.6) is 5.75 Å². The fourth-order valence-electron chi connectivity index (χ4n) is 2.88. The lowest BCUT2D eigenvalue weighted by atomic mass is 9.90. The van der Waals surface area contributed by atoms with Crippen LogP contribution in [0.4, 0.5) is 4.39 Å². The Balaban J connectivity index is 1.54. The number of carbonyl (C=O) groups excluding carboxylic acids is 2. The highest BCUT2D eigenvalue weighted by Gasteiger charge is 2.22. The van der Waals surface area contributed by atoms with Crippen molar-refractivity contribution in [2.24, 2.45) is 5.92 Å². The lowest BCUT2D eigenvalue weighted by Crippen LogP contribution is -2.47. The summed E-state index contributed by atoms with van der Waals surface area (Å²) < 4.78 is 18.9. The fourth-order valence-corrected chi connectivity index (χ4v) is 3.99. The minimum Gasteiger partial charge on any atom is -0.478 e. The number of aryl methyl sites for hydroxylation is 1. The Morgan fingerprint density at radius 1 is 1.31 bits per heavy atom. The van der Waals surface area contributed by atoms with E-state index in [-0.39, 0.29) is 11.7 Å². The predicted octanol–water partition coefficient (Wildman–Crippen LogP) is 3.24. The van der Waals surface area contributed by atoms with Crippen LogP contribution in [-0.4, -0.2) is 17.9 Å². The number of para-hydroxylation sites is 1. The lowest BCUT2D eigenvalue weighted by Gasteiger charge is -2.16. The van der Waals surface area contributed by atoms with Crippen molar-refractivity contribution < 1.29 is 18.7 Å². The first kappa shape index (κ1) is 18.4. The van der Waals surface area contributed by atoms with Gasteiger partial charge in [-0.15, -0.1) is 11.3 Å². The van der Waals surface area contributed by atoms with Crippen LogP contribution >= 0.6 is 11.3 Å². The van der Waals surface area contributed by atoms with E-state index in [0.29, 0.717) is 10.8 Å². The van der Waals surface area contributed by atoms with Crippen molar-refractivity contribution in [2.45, 2.75) is 39.2 Å². The van der Waals surface area contributed by atoms with Crippen molar-refractivity contribution in [3.63, 3.8) is 0 Å². The van der Waals surface area contributed by atoms with Crippen LogP contribution in [0.1, 0.15) is 40.4 Å².